The van der Waals surface area contributed by atoms with E-state index in [2.05, 4.69) is 27.5 Å². The highest BCUT2D eigenvalue weighted by molar-refractivity contribution is 5.77. The van der Waals surface area contributed by atoms with E-state index in [1.165, 1.54) is 0 Å². The highest BCUT2D eigenvalue weighted by Crippen LogP contribution is 2.07. The van der Waals surface area contributed by atoms with Gasteiger partial charge in [0.05, 0.1) is 0 Å². The predicted molar refractivity (Wildman–Crippen MR) is 77.1 cm³/mol. The summed E-state index contributed by atoms with van der Waals surface area (Å²) >= 11 is 0. The van der Waals surface area contributed by atoms with Gasteiger partial charge in [-0.25, -0.2) is 9.97 Å². The maximum Gasteiger partial charge on any atom is 0.222 e. The van der Waals surface area contributed by atoms with E-state index in [4.69, 9.17) is 0 Å². The van der Waals surface area contributed by atoms with Gasteiger partial charge >= 0.3 is 0 Å². The number of hydrogen-bond donors (Lipinski definition) is 2. The van der Waals surface area contributed by atoms with Crippen LogP contribution in [0.15, 0.2) is 6.07 Å². The molecular weight excluding hydrogens is 240 g/mol. The Morgan fingerprint density at radius 3 is 2.58 bits per heavy atom. The van der Waals surface area contributed by atoms with Crippen LogP contribution in [0.1, 0.15) is 45.6 Å². The largest absolute Gasteiger partial charge is 0.369 e. The van der Waals surface area contributed by atoms with Crippen LogP contribution in [0, 0.1) is 6.92 Å². The van der Waals surface area contributed by atoms with Crippen LogP contribution < -0.4 is 10.6 Å². The molecule has 0 aliphatic rings. The van der Waals surface area contributed by atoms with E-state index in [-0.39, 0.29) is 11.4 Å². The van der Waals surface area contributed by atoms with Gasteiger partial charge in [0.15, 0.2) is 0 Å². The van der Waals surface area contributed by atoms with Crippen molar-refractivity contribution in [2.75, 3.05) is 11.9 Å². The minimum atomic E-state index is -0.183. The molecule has 19 heavy (non-hydrogen) atoms. The number of rotatable bonds is 5. The molecule has 0 atom stereocenters. The van der Waals surface area contributed by atoms with Crippen LogP contribution in [0.2, 0.25) is 0 Å². The molecule has 2 N–H and O–H groups in total. The topological polar surface area (TPSA) is 66.9 Å². The molecule has 1 aromatic heterocycles. The van der Waals surface area contributed by atoms with Gasteiger partial charge in [-0.2, -0.15) is 0 Å². The van der Waals surface area contributed by atoms with Crippen LogP contribution in [0.3, 0.4) is 0 Å². The van der Waals surface area contributed by atoms with Crippen LogP contribution in [0.5, 0.6) is 0 Å². The van der Waals surface area contributed by atoms with Gasteiger partial charge in [0.1, 0.15) is 11.6 Å². The molecule has 0 radical (unpaired) electrons. The number of aromatic nitrogens is 2. The fourth-order valence-electron chi connectivity index (χ4n) is 1.69. The number of anilines is 1. The minimum Gasteiger partial charge on any atom is -0.369 e. The zero-order valence-electron chi connectivity index (χ0n) is 12.5. The number of hydrogen-bond acceptors (Lipinski definition) is 4. The van der Waals surface area contributed by atoms with Crippen LogP contribution in [-0.2, 0) is 11.2 Å². The van der Waals surface area contributed by atoms with Crippen molar-refractivity contribution >= 4 is 11.7 Å². The first kappa shape index (κ1) is 15.4. The molecule has 0 unspecified atom stereocenters. The normalized spacial score (nSPS) is 11.2. The van der Waals surface area contributed by atoms with E-state index >= 15 is 0 Å². The first-order chi connectivity index (χ1) is 8.80. The van der Waals surface area contributed by atoms with E-state index < -0.39 is 0 Å². The summed E-state index contributed by atoms with van der Waals surface area (Å²) in [5.41, 5.74) is 0.826. The van der Waals surface area contributed by atoms with Crippen LogP contribution in [0.25, 0.3) is 0 Å². The van der Waals surface area contributed by atoms with Crippen molar-refractivity contribution in [1.82, 2.24) is 15.3 Å². The van der Waals surface area contributed by atoms with Crippen molar-refractivity contribution in [2.24, 2.45) is 0 Å². The molecule has 0 fully saturated rings. The van der Waals surface area contributed by atoms with Gasteiger partial charge in [-0.05, 0) is 34.1 Å². The fourth-order valence-corrected chi connectivity index (χ4v) is 1.69. The molecular formula is C14H24N4O. The van der Waals surface area contributed by atoms with Gasteiger partial charge in [0, 0.05) is 30.3 Å². The van der Waals surface area contributed by atoms with Crippen molar-refractivity contribution in [3.05, 3.63) is 17.6 Å². The summed E-state index contributed by atoms with van der Waals surface area (Å²) in [7, 11) is 0. The first-order valence-corrected chi connectivity index (χ1v) is 6.69. The van der Waals surface area contributed by atoms with E-state index in [9.17, 15) is 4.79 Å². The van der Waals surface area contributed by atoms with Crippen molar-refractivity contribution in [2.45, 2.75) is 53.0 Å². The Labute approximate surface area is 115 Å². The summed E-state index contributed by atoms with van der Waals surface area (Å²) in [6.45, 7) is 10.4. The monoisotopic (exact) mass is 264 g/mol. The van der Waals surface area contributed by atoms with Crippen LogP contribution in [0.4, 0.5) is 5.82 Å². The van der Waals surface area contributed by atoms with E-state index in [0.29, 0.717) is 13.0 Å². The summed E-state index contributed by atoms with van der Waals surface area (Å²) in [5.74, 6) is 1.58. The molecule has 0 aliphatic heterocycles. The van der Waals surface area contributed by atoms with Crippen molar-refractivity contribution in [1.29, 1.82) is 0 Å². The van der Waals surface area contributed by atoms with Gasteiger partial charge < -0.3 is 10.6 Å². The van der Waals surface area contributed by atoms with Gasteiger partial charge in [-0.1, -0.05) is 6.92 Å². The maximum absolute atomic E-state index is 11.7. The van der Waals surface area contributed by atoms with Gasteiger partial charge in [-0.15, -0.1) is 0 Å². The van der Waals surface area contributed by atoms with E-state index in [1.807, 2.05) is 33.8 Å². The third kappa shape index (κ3) is 6.18. The SMILES string of the molecule is CCc1cc(NCCC(=O)NC(C)(C)C)nc(C)n1. The summed E-state index contributed by atoms with van der Waals surface area (Å²) in [4.78, 5) is 20.3. The molecule has 1 heterocycles. The molecule has 0 aliphatic carbocycles. The Balaban J connectivity index is 2.45. The molecule has 0 bridgehead atoms. The molecule has 5 heteroatoms. The second-order valence-corrected chi connectivity index (χ2v) is 5.62. The summed E-state index contributed by atoms with van der Waals surface area (Å²) < 4.78 is 0. The molecule has 1 rings (SSSR count). The Kier molecular flexibility index (Phi) is 5.27. The summed E-state index contributed by atoms with van der Waals surface area (Å²) in [6, 6.07) is 1.93. The highest BCUT2D eigenvalue weighted by atomic mass is 16.1. The molecule has 0 aromatic carbocycles. The molecule has 5 nitrogen and oxygen atoms in total. The number of amides is 1. The average Bonchev–Trinajstić information content (AvgIpc) is 2.25. The molecule has 0 saturated carbocycles. The third-order valence-corrected chi connectivity index (χ3v) is 2.43. The second-order valence-electron chi connectivity index (χ2n) is 5.62. The van der Waals surface area contributed by atoms with Crippen LogP contribution >= 0.6 is 0 Å². The lowest BCUT2D eigenvalue weighted by Crippen LogP contribution is -2.41. The lowest BCUT2D eigenvalue weighted by molar-refractivity contribution is -0.122. The van der Waals surface area contributed by atoms with Gasteiger partial charge in [0.2, 0.25) is 5.91 Å². The number of nitrogens with one attached hydrogen (secondary N) is 2. The summed E-state index contributed by atoms with van der Waals surface area (Å²) in [6.07, 6.45) is 1.31. The zero-order chi connectivity index (χ0) is 14.5. The smallest absolute Gasteiger partial charge is 0.222 e. The molecule has 1 aromatic rings. The molecule has 106 valence electrons. The fraction of sp³-hybridized carbons (Fsp3) is 0.643. The zero-order valence-corrected chi connectivity index (χ0v) is 12.5. The average molecular weight is 264 g/mol. The van der Waals surface area contributed by atoms with Crippen molar-refractivity contribution in [3.8, 4) is 0 Å². The number of nitrogens with zero attached hydrogens (tertiary/aromatic N) is 2. The van der Waals surface area contributed by atoms with E-state index in [1.54, 1.807) is 0 Å². The third-order valence-electron chi connectivity index (χ3n) is 2.43. The van der Waals surface area contributed by atoms with Crippen molar-refractivity contribution in [3.63, 3.8) is 0 Å². The highest BCUT2D eigenvalue weighted by Gasteiger charge is 2.13. The number of carbonyl (C=O) groups excluding carboxylic acids is 1. The predicted octanol–water partition coefficient (Wildman–Crippen LogP) is 2.06. The number of aryl methyl sites for hydroxylation is 2. The maximum atomic E-state index is 11.7. The molecule has 0 saturated heterocycles. The van der Waals surface area contributed by atoms with E-state index in [0.717, 1.165) is 23.8 Å². The molecule has 1 amide bonds. The lowest BCUT2D eigenvalue weighted by Gasteiger charge is -2.20. The van der Waals surface area contributed by atoms with Gasteiger partial charge in [-0.3, -0.25) is 4.79 Å². The summed E-state index contributed by atoms with van der Waals surface area (Å²) in [5, 5.41) is 6.09. The second kappa shape index (κ2) is 6.50. The Bertz CT molecular complexity index is 438. The Morgan fingerprint density at radius 2 is 2.00 bits per heavy atom. The first-order valence-electron chi connectivity index (χ1n) is 6.69. The minimum absolute atomic E-state index is 0.0430. The standard InChI is InChI=1S/C14H24N4O/c1-6-11-9-12(17-10(2)16-11)15-8-7-13(19)18-14(3,4)5/h9H,6-8H2,1-5H3,(H,18,19)(H,15,16,17). The van der Waals surface area contributed by atoms with Crippen LogP contribution in [-0.4, -0.2) is 28.0 Å². The molecule has 0 spiro atoms. The quantitative estimate of drug-likeness (QED) is 0.854. The van der Waals surface area contributed by atoms with Crippen molar-refractivity contribution < 1.29 is 4.79 Å². The Hall–Kier alpha value is -1.65. The lowest BCUT2D eigenvalue weighted by atomic mass is 10.1. The van der Waals surface area contributed by atoms with Gasteiger partial charge in [0.25, 0.3) is 0 Å². The Morgan fingerprint density at radius 1 is 1.32 bits per heavy atom. The number of carbonyl (C=O) groups is 1.